The Morgan fingerprint density at radius 3 is 3.12 bits per heavy atom. The number of anilines is 3. The highest BCUT2D eigenvalue weighted by atomic mass is 32.2. The number of hydrogen-bond acceptors (Lipinski definition) is 7. The maximum absolute atomic E-state index is 12.8. The predicted molar refractivity (Wildman–Crippen MR) is 101 cm³/mol. The summed E-state index contributed by atoms with van der Waals surface area (Å²) in [5.74, 6) is -0.334. The van der Waals surface area contributed by atoms with Crippen LogP contribution < -0.4 is 15.5 Å². The topological polar surface area (TPSA) is 87.2 Å². The molecule has 0 aliphatic carbocycles. The van der Waals surface area contributed by atoms with Crippen molar-refractivity contribution in [2.45, 2.75) is 16.5 Å². The molecular formula is C16H17N5O2S2. The van der Waals surface area contributed by atoms with Gasteiger partial charge in [0.15, 0.2) is 4.34 Å². The molecule has 1 aromatic heterocycles. The Morgan fingerprint density at radius 2 is 2.32 bits per heavy atom. The number of rotatable bonds is 6. The van der Waals surface area contributed by atoms with Crippen LogP contribution in [0, 0.1) is 0 Å². The molecule has 1 aliphatic rings. The molecule has 1 aliphatic heterocycles. The van der Waals surface area contributed by atoms with E-state index in [2.05, 4.69) is 27.4 Å². The molecule has 130 valence electrons. The normalized spacial score (nSPS) is 14.4. The van der Waals surface area contributed by atoms with Crippen LogP contribution in [0.15, 0.2) is 41.3 Å². The molecule has 3 rings (SSSR count). The first kappa shape index (κ1) is 17.4. The highest BCUT2D eigenvalue weighted by molar-refractivity contribution is 8.02. The van der Waals surface area contributed by atoms with Crippen LogP contribution in [0.5, 0.6) is 0 Å². The lowest BCUT2D eigenvalue weighted by Gasteiger charge is -2.30. The first-order chi connectivity index (χ1) is 12.1. The Balaban J connectivity index is 1.71. The third kappa shape index (κ3) is 3.99. The number of nitrogens with one attached hydrogen (secondary N) is 2. The summed E-state index contributed by atoms with van der Waals surface area (Å²) < 4.78 is 0.696. The summed E-state index contributed by atoms with van der Waals surface area (Å²) >= 11 is 2.71. The van der Waals surface area contributed by atoms with Crippen molar-refractivity contribution in [3.63, 3.8) is 0 Å². The van der Waals surface area contributed by atoms with E-state index in [1.54, 1.807) is 19.1 Å². The fourth-order valence-corrected chi connectivity index (χ4v) is 4.30. The van der Waals surface area contributed by atoms with Gasteiger partial charge >= 0.3 is 0 Å². The van der Waals surface area contributed by atoms with Gasteiger partial charge in [-0.25, -0.2) is 0 Å². The zero-order valence-corrected chi connectivity index (χ0v) is 15.2. The molecule has 25 heavy (non-hydrogen) atoms. The van der Waals surface area contributed by atoms with Crippen molar-refractivity contribution in [1.29, 1.82) is 0 Å². The van der Waals surface area contributed by atoms with Crippen LogP contribution in [0.4, 0.5) is 16.5 Å². The molecule has 2 heterocycles. The van der Waals surface area contributed by atoms with E-state index in [9.17, 15) is 9.59 Å². The molecular weight excluding hydrogens is 358 g/mol. The molecule has 0 saturated carbocycles. The number of benzene rings is 1. The molecule has 0 bridgehead atoms. The van der Waals surface area contributed by atoms with Crippen LogP contribution in [0.3, 0.4) is 0 Å². The summed E-state index contributed by atoms with van der Waals surface area (Å²) in [5, 5.41) is 14.2. The summed E-state index contributed by atoms with van der Waals surface area (Å²) in [6.45, 7) is 6.06. The smallest absolute Gasteiger partial charge is 0.244 e. The molecule has 7 nitrogen and oxygen atoms in total. The van der Waals surface area contributed by atoms with Crippen LogP contribution in [0.2, 0.25) is 0 Å². The molecule has 0 unspecified atom stereocenters. The molecule has 0 radical (unpaired) electrons. The second-order valence-corrected chi connectivity index (χ2v) is 7.86. The summed E-state index contributed by atoms with van der Waals surface area (Å²) in [6.07, 6.45) is 1.74. The van der Waals surface area contributed by atoms with E-state index in [-0.39, 0.29) is 23.6 Å². The SMILES string of the molecule is C=CCNc1nnc(S[C@H](C)C(=O)N2CC(=O)Nc3ccccc32)s1. The standard InChI is InChI=1S/C16H17N5O2S2/c1-3-8-17-15-19-20-16(25-15)24-10(2)14(23)21-9-13(22)18-11-6-4-5-7-12(11)21/h3-7,10H,1,8-9H2,2H3,(H,17,19)(H,18,22)/t10-/m1/s1. The molecule has 2 amide bonds. The lowest BCUT2D eigenvalue weighted by atomic mass is 10.2. The van der Waals surface area contributed by atoms with E-state index < -0.39 is 0 Å². The predicted octanol–water partition coefficient (Wildman–Crippen LogP) is 2.60. The lowest BCUT2D eigenvalue weighted by Crippen LogP contribution is -2.45. The van der Waals surface area contributed by atoms with Crippen molar-refractivity contribution in [2.75, 3.05) is 28.6 Å². The van der Waals surface area contributed by atoms with Gasteiger partial charge in [0.1, 0.15) is 6.54 Å². The number of fused-ring (bicyclic) bond motifs is 1. The van der Waals surface area contributed by atoms with Crippen molar-refractivity contribution >= 4 is 51.4 Å². The highest BCUT2D eigenvalue weighted by Gasteiger charge is 2.30. The van der Waals surface area contributed by atoms with Crippen LogP contribution in [0.1, 0.15) is 6.92 Å². The Labute approximate surface area is 153 Å². The van der Waals surface area contributed by atoms with Crippen molar-refractivity contribution in [3.05, 3.63) is 36.9 Å². The molecule has 0 saturated heterocycles. The molecule has 1 atom stereocenters. The Hall–Kier alpha value is -2.39. The maximum Gasteiger partial charge on any atom is 0.244 e. The number of carbonyl (C=O) groups is 2. The molecule has 1 aromatic carbocycles. The first-order valence-corrected chi connectivity index (χ1v) is 9.33. The largest absolute Gasteiger partial charge is 0.357 e. The summed E-state index contributed by atoms with van der Waals surface area (Å²) in [5.41, 5.74) is 1.36. The van der Waals surface area contributed by atoms with Gasteiger partial charge in [0, 0.05) is 6.54 Å². The number of aromatic nitrogens is 2. The van der Waals surface area contributed by atoms with Crippen molar-refractivity contribution < 1.29 is 9.59 Å². The maximum atomic E-state index is 12.8. The Bertz CT molecular complexity index is 807. The van der Waals surface area contributed by atoms with Crippen molar-refractivity contribution in [2.24, 2.45) is 0 Å². The lowest BCUT2D eigenvalue weighted by molar-refractivity contribution is -0.121. The van der Waals surface area contributed by atoms with Crippen molar-refractivity contribution in [3.8, 4) is 0 Å². The second-order valence-electron chi connectivity index (χ2n) is 5.29. The summed E-state index contributed by atoms with van der Waals surface area (Å²) in [6, 6.07) is 7.28. The van der Waals surface area contributed by atoms with E-state index in [4.69, 9.17) is 0 Å². The van der Waals surface area contributed by atoms with Gasteiger partial charge in [-0.2, -0.15) is 0 Å². The molecule has 0 fully saturated rings. The number of amides is 2. The molecule has 2 N–H and O–H groups in total. The number of nitrogens with zero attached hydrogens (tertiary/aromatic N) is 3. The average molecular weight is 375 g/mol. The third-order valence-electron chi connectivity index (χ3n) is 3.47. The minimum atomic E-state index is -0.390. The van der Waals surface area contributed by atoms with E-state index in [0.717, 1.165) is 0 Å². The first-order valence-electron chi connectivity index (χ1n) is 7.63. The fourth-order valence-electron chi connectivity index (χ4n) is 2.34. The highest BCUT2D eigenvalue weighted by Crippen LogP contribution is 2.33. The van der Waals surface area contributed by atoms with Gasteiger partial charge in [-0.1, -0.05) is 41.3 Å². The quantitative estimate of drug-likeness (QED) is 0.596. The van der Waals surface area contributed by atoms with Gasteiger partial charge in [-0.05, 0) is 19.1 Å². The zero-order chi connectivity index (χ0) is 17.8. The van der Waals surface area contributed by atoms with Crippen LogP contribution >= 0.6 is 23.1 Å². The van der Waals surface area contributed by atoms with Gasteiger partial charge < -0.3 is 10.6 Å². The molecule has 9 heteroatoms. The number of para-hydroxylation sites is 2. The molecule has 0 spiro atoms. The number of carbonyl (C=O) groups excluding carboxylic acids is 2. The minimum absolute atomic E-state index is 0.0169. The van der Waals surface area contributed by atoms with Crippen LogP contribution in [-0.4, -0.2) is 40.4 Å². The van der Waals surface area contributed by atoms with Crippen molar-refractivity contribution in [1.82, 2.24) is 10.2 Å². The summed E-state index contributed by atoms with van der Waals surface area (Å²) in [4.78, 5) is 26.2. The van der Waals surface area contributed by atoms with Gasteiger partial charge in [-0.15, -0.1) is 16.8 Å². The van der Waals surface area contributed by atoms with Gasteiger partial charge in [-0.3, -0.25) is 14.5 Å². The average Bonchev–Trinajstić information content (AvgIpc) is 3.05. The molecule has 2 aromatic rings. The number of thioether (sulfide) groups is 1. The monoisotopic (exact) mass is 375 g/mol. The third-order valence-corrected chi connectivity index (χ3v) is 5.52. The second kappa shape index (κ2) is 7.66. The van der Waals surface area contributed by atoms with E-state index in [1.807, 2.05) is 18.2 Å². The zero-order valence-electron chi connectivity index (χ0n) is 13.6. The summed E-state index contributed by atoms with van der Waals surface area (Å²) in [7, 11) is 0. The fraction of sp³-hybridized carbons (Fsp3) is 0.250. The van der Waals surface area contributed by atoms with Gasteiger partial charge in [0.05, 0.1) is 16.6 Å². The van der Waals surface area contributed by atoms with Crippen LogP contribution in [-0.2, 0) is 9.59 Å². The van der Waals surface area contributed by atoms with E-state index in [1.165, 1.54) is 28.0 Å². The number of hydrogen-bond donors (Lipinski definition) is 2. The van der Waals surface area contributed by atoms with Crippen LogP contribution in [0.25, 0.3) is 0 Å². The Kier molecular flexibility index (Phi) is 5.34. The van der Waals surface area contributed by atoms with Gasteiger partial charge in [0.2, 0.25) is 16.9 Å². The van der Waals surface area contributed by atoms with Gasteiger partial charge in [0.25, 0.3) is 0 Å². The van der Waals surface area contributed by atoms with E-state index >= 15 is 0 Å². The Morgan fingerprint density at radius 1 is 1.52 bits per heavy atom. The van der Waals surface area contributed by atoms with E-state index in [0.29, 0.717) is 27.4 Å². The minimum Gasteiger partial charge on any atom is -0.357 e.